The number of anilines is 3. The first kappa shape index (κ1) is 19.3. The number of nitrogens with zero attached hydrogens (tertiary/aromatic N) is 5. The zero-order valence-corrected chi connectivity index (χ0v) is 17.9. The maximum absolute atomic E-state index is 6.15. The van der Waals surface area contributed by atoms with Gasteiger partial charge in [-0.25, -0.2) is 9.97 Å². The van der Waals surface area contributed by atoms with Crippen molar-refractivity contribution < 1.29 is 4.42 Å². The molecule has 0 aliphatic carbocycles. The molecule has 0 amide bonds. The minimum absolute atomic E-state index is 0.429. The second-order valence-corrected chi connectivity index (χ2v) is 7.60. The van der Waals surface area contributed by atoms with Crippen molar-refractivity contribution in [3.8, 4) is 11.3 Å². The molecule has 0 aliphatic heterocycles. The molecule has 6 nitrogen and oxygen atoms in total. The molecule has 0 N–H and O–H groups in total. The van der Waals surface area contributed by atoms with Gasteiger partial charge in [-0.2, -0.15) is 5.10 Å². The van der Waals surface area contributed by atoms with E-state index in [-0.39, 0.29) is 0 Å². The van der Waals surface area contributed by atoms with Gasteiger partial charge in [-0.3, -0.25) is 9.58 Å². The Morgan fingerprint density at radius 2 is 1.90 bits per heavy atom. The molecule has 5 rings (SSSR count). The smallest absolute Gasteiger partial charge is 0.236 e. The SMILES string of the molecule is Cc1ccc(CCl)cc1N(c1ccccc1)c1nc(-c2cnn(C)c2)c2occc2n1. The van der Waals surface area contributed by atoms with Gasteiger partial charge in [0.2, 0.25) is 5.95 Å². The summed E-state index contributed by atoms with van der Waals surface area (Å²) in [4.78, 5) is 11.8. The third-order valence-corrected chi connectivity index (χ3v) is 5.46. The molecular formula is C24H20ClN5O. The fourth-order valence-corrected chi connectivity index (χ4v) is 3.77. The molecule has 0 saturated carbocycles. The van der Waals surface area contributed by atoms with Crippen LogP contribution in [0.2, 0.25) is 0 Å². The highest BCUT2D eigenvalue weighted by Gasteiger charge is 2.22. The molecule has 2 aromatic carbocycles. The summed E-state index contributed by atoms with van der Waals surface area (Å²) in [7, 11) is 1.88. The highest BCUT2D eigenvalue weighted by atomic mass is 35.5. The number of aromatic nitrogens is 4. The van der Waals surface area contributed by atoms with E-state index in [1.807, 2.05) is 55.7 Å². The van der Waals surface area contributed by atoms with Crippen LogP contribution >= 0.6 is 11.6 Å². The van der Waals surface area contributed by atoms with Crippen LogP contribution in [0.15, 0.2) is 77.7 Å². The molecule has 0 aliphatic rings. The van der Waals surface area contributed by atoms with E-state index in [4.69, 9.17) is 26.0 Å². The number of benzene rings is 2. The lowest BCUT2D eigenvalue weighted by molar-refractivity contribution is 0.615. The third-order valence-electron chi connectivity index (χ3n) is 5.15. The molecule has 0 spiro atoms. The summed E-state index contributed by atoms with van der Waals surface area (Å²) in [6, 6.07) is 18.1. The third kappa shape index (κ3) is 3.55. The van der Waals surface area contributed by atoms with Gasteiger partial charge in [-0.05, 0) is 36.2 Å². The highest BCUT2D eigenvalue weighted by Crippen LogP contribution is 2.38. The van der Waals surface area contributed by atoms with Gasteiger partial charge >= 0.3 is 0 Å². The van der Waals surface area contributed by atoms with Gasteiger partial charge in [0.1, 0.15) is 11.2 Å². The van der Waals surface area contributed by atoms with Gasteiger partial charge in [0.15, 0.2) is 5.58 Å². The molecule has 0 radical (unpaired) electrons. The van der Waals surface area contributed by atoms with Crippen molar-refractivity contribution in [2.45, 2.75) is 12.8 Å². The van der Waals surface area contributed by atoms with E-state index in [0.717, 1.165) is 33.6 Å². The summed E-state index contributed by atoms with van der Waals surface area (Å²) in [5, 5.41) is 4.30. The van der Waals surface area contributed by atoms with E-state index in [0.29, 0.717) is 23.1 Å². The molecule has 7 heteroatoms. The summed E-state index contributed by atoms with van der Waals surface area (Å²) in [6.45, 7) is 2.07. The van der Waals surface area contributed by atoms with E-state index in [1.54, 1.807) is 17.1 Å². The van der Waals surface area contributed by atoms with Crippen molar-refractivity contribution in [3.05, 3.63) is 84.4 Å². The van der Waals surface area contributed by atoms with Gasteiger partial charge < -0.3 is 4.42 Å². The Hall–Kier alpha value is -3.64. The fourth-order valence-electron chi connectivity index (χ4n) is 3.61. The summed E-state index contributed by atoms with van der Waals surface area (Å²) in [5.41, 5.74) is 6.99. The van der Waals surface area contributed by atoms with E-state index in [1.165, 1.54) is 0 Å². The summed E-state index contributed by atoms with van der Waals surface area (Å²) in [5.74, 6) is 0.979. The first-order chi connectivity index (χ1) is 15.1. The Bertz CT molecular complexity index is 1360. The van der Waals surface area contributed by atoms with Crippen molar-refractivity contribution in [3.63, 3.8) is 0 Å². The van der Waals surface area contributed by atoms with Gasteiger partial charge in [-0.1, -0.05) is 30.3 Å². The van der Waals surface area contributed by atoms with Crippen LogP contribution in [0.5, 0.6) is 0 Å². The average Bonchev–Trinajstić information content (AvgIpc) is 3.44. The standard InChI is InChI=1S/C24H20ClN5O/c1-16-8-9-17(13-25)12-21(16)30(19-6-4-3-5-7-19)24-27-20-10-11-31-23(20)22(28-24)18-14-26-29(2)15-18/h3-12,14-15H,13H2,1-2H3. The number of rotatable bonds is 5. The molecule has 154 valence electrons. The lowest BCUT2D eigenvalue weighted by Crippen LogP contribution is -2.15. The minimum Gasteiger partial charge on any atom is -0.460 e. The van der Waals surface area contributed by atoms with E-state index in [9.17, 15) is 0 Å². The van der Waals surface area contributed by atoms with Crippen LogP contribution in [0.4, 0.5) is 17.3 Å². The van der Waals surface area contributed by atoms with Crippen LogP contribution in [0, 0.1) is 6.92 Å². The Balaban J connectivity index is 1.78. The lowest BCUT2D eigenvalue weighted by atomic mass is 10.1. The summed E-state index contributed by atoms with van der Waals surface area (Å²) < 4.78 is 7.47. The molecule has 0 bridgehead atoms. The van der Waals surface area contributed by atoms with Crippen LogP contribution in [0.25, 0.3) is 22.4 Å². The average molecular weight is 430 g/mol. The Morgan fingerprint density at radius 3 is 2.65 bits per heavy atom. The Kier molecular flexibility index (Phi) is 4.92. The van der Waals surface area contributed by atoms with Crippen LogP contribution in [0.1, 0.15) is 11.1 Å². The first-order valence-electron chi connectivity index (χ1n) is 9.89. The Labute approximate surface area is 184 Å². The van der Waals surface area contributed by atoms with E-state index >= 15 is 0 Å². The monoisotopic (exact) mass is 429 g/mol. The number of alkyl halides is 1. The van der Waals surface area contributed by atoms with Gasteiger partial charge in [0, 0.05) is 36.4 Å². The number of hydrogen-bond donors (Lipinski definition) is 0. The Morgan fingerprint density at radius 1 is 1.06 bits per heavy atom. The minimum atomic E-state index is 0.429. The van der Waals surface area contributed by atoms with Crippen molar-refractivity contribution in [1.29, 1.82) is 0 Å². The van der Waals surface area contributed by atoms with E-state index in [2.05, 4.69) is 29.1 Å². The number of furan rings is 1. The van der Waals surface area contributed by atoms with E-state index < -0.39 is 0 Å². The number of aryl methyl sites for hydroxylation is 2. The first-order valence-corrected chi connectivity index (χ1v) is 10.4. The van der Waals surface area contributed by atoms with Gasteiger partial charge in [0.05, 0.1) is 18.1 Å². The highest BCUT2D eigenvalue weighted by molar-refractivity contribution is 6.17. The lowest BCUT2D eigenvalue weighted by Gasteiger charge is -2.25. The quantitative estimate of drug-likeness (QED) is 0.314. The molecule has 5 aromatic rings. The molecule has 3 aromatic heterocycles. The number of fused-ring (bicyclic) bond motifs is 1. The predicted molar refractivity (Wildman–Crippen MR) is 123 cm³/mol. The number of halogens is 1. The van der Waals surface area contributed by atoms with Crippen LogP contribution in [-0.4, -0.2) is 19.7 Å². The number of para-hydroxylation sites is 1. The van der Waals surface area contributed by atoms with Crippen molar-refractivity contribution >= 4 is 40.0 Å². The molecule has 0 atom stereocenters. The van der Waals surface area contributed by atoms with Gasteiger partial charge in [-0.15, -0.1) is 11.6 Å². The zero-order chi connectivity index (χ0) is 21.4. The molecule has 3 heterocycles. The van der Waals surface area contributed by atoms with Crippen LogP contribution in [0.3, 0.4) is 0 Å². The normalized spacial score (nSPS) is 11.2. The second kappa shape index (κ2) is 7.89. The maximum Gasteiger partial charge on any atom is 0.236 e. The fraction of sp³-hybridized carbons (Fsp3) is 0.125. The largest absolute Gasteiger partial charge is 0.460 e. The molecular weight excluding hydrogens is 410 g/mol. The zero-order valence-electron chi connectivity index (χ0n) is 17.2. The van der Waals surface area contributed by atoms with Crippen molar-refractivity contribution in [1.82, 2.24) is 19.7 Å². The topological polar surface area (TPSA) is 60.0 Å². The van der Waals surface area contributed by atoms with Gasteiger partial charge in [0.25, 0.3) is 0 Å². The predicted octanol–water partition coefficient (Wildman–Crippen LogP) is 6.14. The molecule has 0 fully saturated rings. The summed E-state index contributed by atoms with van der Waals surface area (Å²) >= 11 is 6.15. The molecule has 31 heavy (non-hydrogen) atoms. The molecule has 0 unspecified atom stereocenters. The molecule has 0 saturated heterocycles. The summed E-state index contributed by atoms with van der Waals surface area (Å²) in [6.07, 6.45) is 5.33. The van der Waals surface area contributed by atoms with Crippen molar-refractivity contribution in [2.24, 2.45) is 7.05 Å². The van der Waals surface area contributed by atoms with Crippen LogP contribution < -0.4 is 4.90 Å². The maximum atomic E-state index is 6.15. The second-order valence-electron chi connectivity index (χ2n) is 7.34. The van der Waals surface area contributed by atoms with Crippen molar-refractivity contribution in [2.75, 3.05) is 4.90 Å². The number of hydrogen-bond acceptors (Lipinski definition) is 5. The van der Waals surface area contributed by atoms with Crippen LogP contribution in [-0.2, 0) is 12.9 Å².